The van der Waals surface area contributed by atoms with Crippen molar-refractivity contribution in [2.45, 2.75) is 13.8 Å². The third kappa shape index (κ3) is 12.8. The van der Waals surface area contributed by atoms with Crippen LogP contribution < -0.4 is 61.2 Å². The average molecular weight is 1020 g/mol. The van der Waals surface area contributed by atoms with Crippen molar-refractivity contribution in [3.05, 3.63) is 182 Å². The average Bonchev–Trinajstić information content (AvgIpc) is 3.32. The molecule has 0 spiro atoms. The van der Waals surface area contributed by atoms with Crippen LogP contribution in [-0.4, -0.2) is 57.4 Å². The third-order valence-corrected chi connectivity index (χ3v) is 10.2. The third-order valence-electron chi connectivity index (χ3n) is 10.0. The van der Waals surface area contributed by atoms with Crippen LogP contribution in [0.4, 0.5) is 11.4 Å². The maximum absolute atomic E-state index is 13.1. The van der Waals surface area contributed by atoms with Crippen LogP contribution in [0.15, 0.2) is 143 Å². The van der Waals surface area contributed by atoms with Gasteiger partial charge in [0.15, 0.2) is 0 Å². The summed E-state index contributed by atoms with van der Waals surface area (Å²) in [5.41, 5.74) is 8.03. The van der Waals surface area contributed by atoms with E-state index in [0.717, 1.165) is 52.8 Å². The molecule has 0 bridgehead atoms. The van der Waals surface area contributed by atoms with Crippen LogP contribution in [0, 0.1) is 13.8 Å². The van der Waals surface area contributed by atoms with E-state index in [4.69, 9.17) is 26.6 Å². The molecular formula is C49H47ClIN6NaO7. The minimum absolute atomic E-state index is 0. The molecule has 2 amide bonds. The number of aliphatic hydroxyl groups is 1. The van der Waals surface area contributed by atoms with E-state index in [1.165, 1.54) is 0 Å². The van der Waals surface area contributed by atoms with Gasteiger partial charge in [-0.3, -0.25) is 19.2 Å². The van der Waals surface area contributed by atoms with Gasteiger partial charge in [0, 0.05) is 84.1 Å². The molecule has 0 radical (unpaired) electrons. The molecule has 0 aliphatic carbocycles. The molecule has 0 fully saturated rings. The standard InChI is InChI=1S/C24H21N3O3.C23H18ClN3O2.CH4O.CH3O.HI.Na/c1-15-9-10-18(26-23(28)16-7-5-4-6-8-16)12-19(15)20-11-17-14-25-22(30-3)13-21(17)27(2)24(20)29;1-14-8-9-17(26-22(28)15-6-4-3-5-7-15)11-18(14)19-10-16-13-25-21(24)12-20(16)27(2)23(19)29;2*1-2;;/h4-14H,1-3H3,(H,26,28);3-13H,1-2H3,(H,26,28);2H,1H3;1H3;1H;/q;;;-1;;+1. The molecule has 8 rings (SSSR count). The van der Waals surface area contributed by atoms with Crippen molar-refractivity contribution in [1.82, 2.24) is 19.1 Å². The van der Waals surface area contributed by atoms with E-state index in [1.54, 1.807) is 79.1 Å². The number of hydrogen-bond donors (Lipinski definition) is 3. The zero-order valence-electron chi connectivity index (χ0n) is 37.2. The molecule has 8 aromatic rings. The first-order chi connectivity index (χ1) is 30.4. The monoisotopic (exact) mass is 1020 g/mol. The summed E-state index contributed by atoms with van der Waals surface area (Å²) in [6.45, 7) is 3.87. The molecule has 0 aliphatic heterocycles. The number of ether oxygens (including phenoxy) is 1. The molecule has 13 nitrogen and oxygen atoms in total. The smallest absolute Gasteiger partial charge is 0.857 e. The van der Waals surface area contributed by atoms with Gasteiger partial charge in [-0.15, -0.1) is 24.0 Å². The molecule has 0 saturated carbocycles. The van der Waals surface area contributed by atoms with Crippen molar-refractivity contribution in [2.24, 2.45) is 14.1 Å². The first kappa shape index (κ1) is 53.6. The van der Waals surface area contributed by atoms with E-state index in [0.29, 0.717) is 50.2 Å². The Balaban J connectivity index is 0.000000312. The molecule has 0 saturated heterocycles. The second-order valence-corrected chi connectivity index (χ2v) is 14.3. The van der Waals surface area contributed by atoms with Crippen molar-refractivity contribution in [3.63, 3.8) is 0 Å². The van der Waals surface area contributed by atoms with Crippen LogP contribution in [0.5, 0.6) is 5.88 Å². The molecule has 0 atom stereocenters. The maximum atomic E-state index is 13.1. The van der Waals surface area contributed by atoms with Gasteiger partial charge in [-0.2, -0.15) is 7.11 Å². The fourth-order valence-electron chi connectivity index (χ4n) is 6.75. The Bertz CT molecular complexity index is 3040. The summed E-state index contributed by atoms with van der Waals surface area (Å²) in [5.74, 6) is 0.0471. The van der Waals surface area contributed by atoms with Crippen LogP contribution in [0.1, 0.15) is 31.8 Å². The molecule has 3 N–H and O–H groups in total. The van der Waals surface area contributed by atoms with Crippen LogP contribution >= 0.6 is 35.6 Å². The summed E-state index contributed by atoms with van der Waals surface area (Å²) in [6.07, 6.45) is 3.34. The zero-order chi connectivity index (χ0) is 45.8. The molecule has 330 valence electrons. The van der Waals surface area contributed by atoms with Gasteiger partial charge < -0.3 is 34.7 Å². The number of nitrogens with one attached hydrogen (secondary N) is 2. The number of halogens is 2. The Morgan fingerprint density at radius 2 is 1.02 bits per heavy atom. The summed E-state index contributed by atoms with van der Waals surface area (Å²) in [4.78, 5) is 59.5. The number of anilines is 2. The molecule has 16 heteroatoms. The van der Waals surface area contributed by atoms with Gasteiger partial charge >= 0.3 is 29.6 Å². The number of carbonyl (C=O) groups is 2. The van der Waals surface area contributed by atoms with Crippen molar-refractivity contribution in [1.29, 1.82) is 0 Å². The second kappa shape index (κ2) is 25.1. The van der Waals surface area contributed by atoms with E-state index in [9.17, 15) is 19.2 Å². The molecule has 4 heterocycles. The quantitative estimate of drug-likeness (QED) is 0.110. The Hall–Kier alpha value is -5.72. The fraction of sp³-hybridized carbons (Fsp3) is 0.143. The Morgan fingerprint density at radius 3 is 1.43 bits per heavy atom. The molecular weight excluding hydrogens is 970 g/mol. The predicted molar refractivity (Wildman–Crippen MR) is 264 cm³/mol. The van der Waals surface area contributed by atoms with E-state index in [2.05, 4.69) is 20.6 Å². The van der Waals surface area contributed by atoms with Crippen LogP contribution in [0.25, 0.3) is 44.1 Å². The first-order valence-electron chi connectivity index (χ1n) is 19.4. The number of pyridine rings is 4. The van der Waals surface area contributed by atoms with E-state index in [-0.39, 0.29) is 76.5 Å². The van der Waals surface area contributed by atoms with Gasteiger partial charge in [0.25, 0.3) is 22.9 Å². The number of nitrogens with zero attached hydrogens (tertiary/aromatic N) is 4. The number of methoxy groups -OCH3 is 1. The largest absolute Gasteiger partial charge is 1.00 e. The topological polar surface area (TPSA) is 180 Å². The number of benzene rings is 4. The SMILES string of the molecule is CO.COc1cc2c(cn1)cc(-c1cc(NC(=O)c3ccccc3)ccc1C)c(=O)n2C.C[O-].Cc1ccc(NC(=O)c2ccccc2)cc1-c1cc2cnc(Cl)cc2n(C)c1=O.I.[Na+]. The van der Waals surface area contributed by atoms with E-state index < -0.39 is 0 Å². The molecule has 4 aromatic heterocycles. The van der Waals surface area contributed by atoms with Gasteiger partial charge in [0.2, 0.25) is 5.88 Å². The Kier molecular flexibility index (Phi) is 20.7. The van der Waals surface area contributed by atoms with Crippen molar-refractivity contribution in [2.75, 3.05) is 32.0 Å². The van der Waals surface area contributed by atoms with Gasteiger partial charge in [-0.1, -0.05) is 60.1 Å². The Labute approximate surface area is 420 Å². The van der Waals surface area contributed by atoms with E-state index in [1.807, 2.05) is 98.8 Å². The molecule has 65 heavy (non-hydrogen) atoms. The van der Waals surface area contributed by atoms with Crippen molar-refractivity contribution >= 4 is 80.6 Å². The van der Waals surface area contributed by atoms with Crippen molar-refractivity contribution < 1.29 is 54.1 Å². The Morgan fingerprint density at radius 1 is 0.615 bits per heavy atom. The summed E-state index contributed by atoms with van der Waals surface area (Å²) in [7, 11) is 6.73. The molecule has 0 aliphatic rings. The minimum Gasteiger partial charge on any atom is -0.857 e. The number of hydrogen-bond acceptors (Lipinski definition) is 9. The summed E-state index contributed by atoms with van der Waals surface area (Å²) in [6, 6.07) is 36.1. The maximum Gasteiger partial charge on any atom is 1.00 e. The van der Waals surface area contributed by atoms with Crippen LogP contribution in [0.3, 0.4) is 0 Å². The number of carbonyl (C=O) groups excluding carboxylic acids is 2. The molecule has 0 unspecified atom stereocenters. The van der Waals surface area contributed by atoms with Gasteiger partial charge in [0.05, 0.1) is 18.1 Å². The predicted octanol–water partition coefficient (Wildman–Crippen LogP) is 5.19. The molecule has 4 aromatic carbocycles. The second-order valence-electron chi connectivity index (χ2n) is 13.9. The normalized spacial score (nSPS) is 10.0. The number of aromatic nitrogens is 4. The number of rotatable bonds is 7. The van der Waals surface area contributed by atoms with E-state index >= 15 is 0 Å². The van der Waals surface area contributed by atoms with Crippen LogP contribution in [0.2, 0.25) is 5.15 Å². The fourth-order valence-corrected chi connectivity index (χ4v) is 6.90. The number of aryl methyl sites for hydroxylation is 4. The zero-order valence-corrected chi connectivity index (χ0v) is 42.3. The van der Waals surface area contributed by atoms with Crippen LogP contribution in [-0.2, 0) is 14.1 Å². The number of amides is 2. The minimum atomic E-state index is -0.203. The van der Waals surface area contributed by atoms with Gasteiger partial charge in [-0.25, -0.2) is 9.97 Å². The summed E-state index contributed by atoms with van der Waals surface area (Å²) < 4.78 is 8.32. The summed E-state index contributed by atoms with van der Waals surface area (Å²) >= 11 is 5.98. The first-order valence-corrected chi connectivity index (χ1v) is 19.8. The van der Waals surface area contributed by atoms with Gasteiger partial charge in [-0.05, 0) is 103 Å². The number of fused-ring (bicyclic) bond motifs is 2. The summed E-state index contributed by atoms with van der Waals surface area (Å²) in [5, 5.41) is 23.0. The van der Waals surface area contributed by atoms with Gasteiger partial charge in [0.1, 0.15) is 5.15 Å². The number of aliphatic hydroxyl groups excluding tert-OH is 1. The van der Waals surface area contributed by atoms with Crippen molar-refractivity contribution in [3.8, 4) is 28.1 Å².